The number of nitrogens with one attached hydrogen (secondary N) is 2. The molecule has 0 atom stereocenters. The van der Waals surface area contributed by atoms with Crippen LogP contribution in [0.3, 0.4) is 0 Å². The molecular weight excluding hydrogens is 450 g/mol. The number of aromatic amines is 1. The molecular formula is C26H20ClN5O2. The van der Waals surface area contributed by atoms with Crippen LogP contribution in [-0.2, 0) is 13.0 Å². The summed E-state index contributed by atoms with van der Waals surface area (Å²) in [5.74, 6) is 0.0650. The van der Waals surface area contributed by atoms with Gasteiger partial charge in [0.2, 0.25) is 0 Å². The highest BCUT2D eigenvalue weighted by Crippen LogP contribution is 2.23. The lowest BCUT2D eigenvalue weighted by Crippen LogP contribution is -2.12. The Bertz CT molecular complexity index is 1560. The van der Waals surface area contributed by atoms with Gasteiger partial charge in [-0.2, -0.15) is 0 Å². The van der Waals surface area contributed by atoms with Crippen molar-refractivity contribution in [2.24, 2.45) is 5.73 Å². The molecule has 0 radical (unpaired) electrons. The van der Waals surface area contributed by atoms with Gasteiger partial charge in [-0.25, -0.2) is 9.97 Å². The standard InChI is InChI=1S/C26H20ClN5O2/c27-18-7-8-21-17(11-18)12-22(32-21)23(33)10-15-3-1-4-16(9-15)13-29-26-20-6-2-5-19(25(28)34)24(20)30-14-31-26/h1-9,11-12,14,32H,10,13H2,(H2,28,34)(H,29,30,31). The zero-order chi connectivity index (χ0) is 23.7. The minimum Gasteiger partial charge on any atom is -0.366 e. The molecule has 3 aromatic carbocycles. The second-order valence-corrected chi connectivity index (χ2v) is 8.41. The number of nitrogens with two attached hydrogens (primary N) is 1. The average Bonchev–Trinajstić information content (AvgIpc) is 3.26. The highest BCUT2D eigenvalue weighted by Gasteiger charge is 2.13. The Labute approximate surface area is 200 Å². The molecule has 2 heterocycles. The Morgan fingerprint density at radius 3 is 2.65 bits per heavy atom. The maximum atomic E-state index is 12.9. The zero-order valence-corrected chi connectivity index (χ0v) is 18.8. The summed E-state index contributed by atoms with van der Waals surface area (Å²) in [6.07, 6.45) is 1.67. The average molecular weight is 470 g/mol. The number of benzene rings is 3. The van der Waals surface area contributed by atoms with Crippen molar-refractivity contribution in [1.82, 2.24) is 15.0 Å². The van der Waals surface area contributed by atoms with Gasteiger partial charge < -0.3 is 16.0 Å². The monoisotopic (exact) mass is 469 g/mol. The number of aromatic nitrogens is 3. The lowest BCUT2D eigenvalue weighted by atomic mass is 10.0. The number of H-pyrrole nitrogens is 1. The lowest BCUT2D eigenvalue weighted by Gasteiger charge is -2.10. The summed E-state index contributed by atoms with van der Waals surface area (Å²) in [6.45, 7) is 0.486. The van der Waals surface area contributed by atoms with E-state index in [4.69, 9.17) is 17.3 Å². The first-order valence-electron chi connectivity index (χ1n) is 10.6. The van der Waals surface area contributed by atoms with Crippen LogP contribution >= 0.6 is 11.6 Å². The first-order valence-corrected chi connectivity index (χ1v) is 11.0. The topological polar surface area (TPSA) is 114 Å². The van der Waals surface area contributed by atoms with Gasteiger partial charge in [0, 0.05) is 34.3 Å². The number of hydrogen-bond donors (Lipinski definition) is 3. The summed E-state index contributed by atoms with van der Waals surface area (Å²) in [6, 6.07) is 20.4. The number of para-hydroxylation sites is 1. The second kappa shape index (κ2) is 8.96. The van der Waals surface area contributed by atoms with E-state index >= 15 is 0 Å². The minimum atomic E-state index is -0.536. The number of amides is 1. The molecule has 1 amide bonds. The molecule has 0 fully saturated rings. The number of Topliss-reactive ketones (excluding diaryl/α,β-unsaturated/α-hetero) is 1. The summed E-state index contributed by atoms with van der Waals surface area (Å²) in [4.78, 5) is 36.3. The van der Waals surface area contributed by atoms with E-state index in [1.54, 1.807) is 18.2 Å². The number of anilines is 1. The fourth-order valence-electron chi connectivity index (χ4n) is 4.00. The van der Waals surface area contributed by atoms with Crippen molar-refractivity contribution >= 4 is 50.9 Å². The van der Waals surface area contributed by atoms with E-state index in [1.165, 1.54) is 6.33 Å². The molecule has 0 bridgehead atoms. The molecule has 0 aliphatic carbocycles. The molecule has 0 spiro atoms. The van der Waals surface area contributed by atoms with Crippen LogP contribution in [0, 0.1) is 0 Å². The third-order valence-corrected chi connectivity index (χ3v) is 5.86. The SMILES string of the molecule is NC(=O)c1cccc2c(NCc3cccc(CC(=O)c4cc5cc(Cl)ccc5[nH]4)c3)ncnc12. The Morgan fingerprint density at radius 2 is 1.79 bits per heavy atom. The molecule has 0 saturated heterocycles. The van der Waals surface area contributed by atoms with E-state index in [0.717, 1.165) is 22.0 Å². The first kappa shape index (κ1) is 21.6. The van der Waals surface area contributed by atoms with E-state index in [1.807, 2.05) is 48.5 Å². The van der Waals surface area contributed by atoms with E-state index < -0.39 is 5.91 Å². The molecule has 0 aliphatic heterocycles. The van der Waals surface area contributed by atoms with E-state index in [2.05, 4.69) is 20.3 Å². The van der Waals surface area contributed by atoms with Crippen molar-refractivity contribution in [3.63, 3.8) is 0 Å². The summed E-state index contributed by atoms with van der Waals surface area (Å²) in [5, 5.41) is 5.55. The second-order valence-electron chi connectivity index (χ2n) is 7.98. The number of nitrogens with zero attached hydrogens (tertiary/aromatic N) is 2. The van der Waals surface area contributed by atoms with Gasteiger partial charge in [-0.1, -0.05) is 41.9 Å². The number of rotatable bonds is 7. The lowest BCUT2D eigenvalue weighted by molar-refractivity contribution is 0.0985. The molecule has 34 heavy (non-hydrogen) atoms. The van der Waals surface area contributed by atoms with Gasteiger partial charge in [0.05, 0.1) is 16.8 Å². The predicted octanol–water partition coefficient (Wildman–Crippen LogP) is 4.90. The van der Waals surface area contributed by atoms with Crippen molar-refractivity contribution in [2.45, 2.75) is 13.0 Å². The number of halogens is 1. The fraction of sp³-hybridized carbons (Fsp3) is 0.0769. The van der Waals surface area contributed by atoms with E-state index in [0.29, 0.717) is 39.5 Å². The van der Waals surface area contributed by atoms with Gasteiger partial charge in [-0.3, -0.25) is 9.59 Å². The van der Waals surface area contributed by atoms with Crippen LogP contribution in [0.15, 0.2) is 73.1 Å². The molecule has 2 aromatic heterocycles. The van der Waals surface area contributed by atoms with Crippen molar-refractivity contribution < 1.29 is 9.59 Å². The molecule has 8 heteroatoms. The number of carbonyl (C=O) groups excluding carboxylic acids is 2. The third kappa shape index (κ3) is 4.33. The maximum Gasteiger partial charge on any atom is 0.250 e. The van der Waals surface area contributed by atoms with Crippen LogP contribution in [0.5, 0.6) is 0 Å². The van der Waals surface area contributed by atoms with Gasteiger partial charge in [-0.05, 0) is 47.5 Å². The molecule has 168 valence electrons. The highest BCUT2D eigenvalue weighted by molar-refractivity contribution is 6.31. The largest absolute Gasteiger partial charge is 0.366 e. The molecule has 5 aromatic rings. The Hall–Kier alpha value is -4.23. The van der Waals surface area contributed by atoms with Crippen LogP contribution in [-0.4, -0.2) is 26.6 Å². The van der Waals surface area contributed by atoms with E-state index in [9.17, 15) is 9.59 Å². The Balaban J connectivity index is 1.32. The van der Waals surface area contributed by atoms with Gasteiger partial charge in [0.25, 0.3) is 5.91 Å². The van der Waals surface area contributed by atoms with Gasteiger partial charge >= 0.3 is 0 Å². The Morgan fingerprint density at radius 1 is 0.971 bits per heavy atom. The summed E-state index contributed by atoms with van der Waals surface area (Å²) < 4.78 is 0. The number of carbonyl (C=O) groups is 2. The van der Waals surface area contributed by atoms with Crippen LogP contribution in [0.1, 0.15) is 32.0 Å². The third-order valence-electron chi connectivity index (χ3n) is 5.63. The predicted molar refractivity (Wildman–Crippen MR) is 133 cm³/mol. The number of primary amides is 1. The molecule has 4 N–H and O–H groups in total. The van der Waals surface area contributed by atoms with Gasteiger partial charge in [0.1, 0.15) is 12.1 Å². The summed E-state index contributed by atoms with van der Waals surface area (Å²) >= 11 is 6.05. The number of fused-ring (bicyclic) bond motifs is 2. The normalized spacial score (nSPS) is 11.1. The van der Waals surface area contributed by atoms with Crippen LogP contribution in [0.4, 0.5) is 5.82 Å². The molecule has 0 unspecified atom stereocenters. The van der Waals surface area contributed by atoms with Crippen LogP contribution < -0.4 is 11.1 Å². The minimum absolute atomic E-state index is 0.00166. The van der Waals surface area contributed by atoms with E-state index in [-0.39, 0.29) is 12.2 Å². The summed E-state index contributed by atoms with van der Waals surface area (Å²) in [5.41, 5.74) is 9.65. The quantitative estimate of drug-likeness (QED) is 0.293. The Kier molecular flexibility index (Phi) is 5.69. The summed E-state index contributed by atoms with van der Waals surface area (Å²) in [7, 11) is 0. The molecule has 0 aliphatic rings. The number of hydrogen-bond acceptors (Lipinski definition) is 5. The van der Waals surface area contributed by atoms with Crippen molar-refractivity contribution in [3.05, 3.63) is 100 Å². The smallest absolute Gasteiger partial charge is 0.250 e. The van der Waals surface area contributed by atoms with Crippen molar-refractivity contribution in [1.29, 1.82) is 0 Å². The fourth-order valence-corrected chi connectivity index (χ4v) is 4.18. The van der Waals surface area contributed by atoms with Crippen LogP contribution in [0.2, 0.25) is 5.02 Å². The molecule has 7 nitrogen and oxygen atoms in total. The van der Waals surface area contributed by atoms with Gasteiger partial charge in [0.15, 0.2) is 5.78 Å². The van der Waals surface area contributed by atoms with Gasteiger partial charge in [-0.15, -0.1) is 0 Å². The zero-order valence-electron chi connectivity index (χ0n) is 18.0. The molecule has 0 saturated carbocycles. The molecule has 5 rings (SSSR count). The highest BCUT2D eigenvalue weighted by atomic mass is 35.5. The van der Waals surface area contributed by atoms with Crippen LogP contribution in [0.25, 0.3) is 21.8 Å². The number of ketones is 1. The first-order chi connectivity index (χ1) is 16.5. The maximum absolute atomic E-state index is 12.9. The van der Waals surface area contributed by atoms with Crippen molar-refractivity contribution in [3.8, 4) is 0 Å². The van der Waals surface area contributed by atoms with Crippen molar-refractivity contribution in [2.75, 3.05) is 5.32 Å².